The molecule has 0 rings (SSSR count). The van der Waals surface area contributed by atoms with Crippen LogP contribution in [0.1, 0.15) is 0 Å². The number of carbonyl (C=O) groups is 1. The number of urea groups is 1. The number of primary amides is 1. The second-order valence-electron chi connectivity index (χ2n) is 1.01. The van der Waals surface area contributed by atoms with Gasteiger partial charge >= 0.3 is 6.03 Å². The van der Waals surface area contributed by atoms with Crippen molar-refractivity contribution < 1.29 is 9.90 Å². The Labute approximate surface area is 53.0 Å². The summed E-state index contributed by atoms with van der Waals surface area (Å²) < 4.78 is 0. The van der Waals surface area contributed by atoms with Crippen molar-refractivity contribution in [3.63, 3.8) is 0 Å². The molecule has 6 nitrogen and oxygen atoms in total. The van der Waals surface area contributed by atoms with E-state index in [0.717, 1.165) is 0 Å². The number of aliphatic hydroxyl groups is 1. The topological polar surface area (TPSA) is 127 Å². The van der Waals surface area contributed by atoms with Crippen LogP contribution in [0.15, 0.2) is 0 Å². The summed E-state index contributed by atoms with van der Waals surface area (Å²) in [6, 6.07) is -0.603. The molecule has 0 saturated heterocycles. The minimum Gasteiger partial charge on any atom is -0.395 e. The molecule has 0 spiro atoms. The van der Waals surface area contributed by atoms with E-state index in [1.54, 1.807) is 0 Å². The van der Waals surface area contributed by atoms with Gasteiger partial charge in [0.1, 0.15) is 0 Å². The van der Waals surface area contributed by atoms with Gasteiger partial charge in [0.25, 0.3) is 0 Å². The standard InChI is InChI=1S/C3H8N2O2.H4N2/c4-3(7)5-1-2-6;1-2/h6H,1-2H2,(H3,4,5,7);1-2H2. The Kier molecular flexibility index (Phi) is 12.5. The summed E-state index contributed by atoms with van der Waals surface area (Å²) in [6.45, 7) is 0.165. The molecule has 0 fully saturated rings. The molecule has 0 aromatic carbocycles. The molecule has 2 amide bonds. The summed E-state index contributed by atoms with van der Waals surface area (Å²) in [4.78, 5) is 9.76. The first kappa shape index (κ1) is 11.0. The number of rotatable bonds is 2. The SMILES string of the molecule is NC(=O)NCCO.NN. The summed E-state index contributed by atoms with van der Waals surface area (Å²) in [5.74, 6) is 8.00. The zero-order valence-electron chi connectivity index (χ0n) is 5.00. The van der Waals surface area contributed by atoms with Gasteiger partial charge in [-0.25, -0.2) is 4.79 Å². The van der Waals surface area contributed by atoms with Crippen LogP contribution in [0, 0.1) is 0 Å². The largest absolute Gasteiger partial charge is 0.395 e. The number of nitrogens with one attached hydrogen (secondary N) is 1. The first-order chi connectivity index (χ1) is 4.27. The van der Waals surface area contributed by atoms with Crippen LogP contribution in [0.4, 0.5) is 4.79 Å². The predicted molar refractivity (Wildman–Crippen MR) is 33.0 cm³/mol. The summed E-state index contributed by atoms with van der Waals surface area (Å²) >= 11 is 0. The van der Waals surface area contributed by atoms with E-state index < -0.39 is 6.03 Å². The van der Waals surface area contributed by atoms with Crippen molar-refractivity contribution in [1.82, 2.24) is 5.32 Å². The lowest BCUT2D eigenvalue weighted by Crippen LogP contribution is -2.31. The molecule has 6 heteroatoms. The van der Waals surface area contributed by atoms with Gasteiger partial charge in [-0.05, 0) is 0 Å². The Hall–Kier alpha value is -0.850. The molecular formula is C3H12N4O2. The van der Waals surface area contributed by atoms with Gasteiger partial charge in [0.05, 0.1) is 6.61 Å². The smallest absolute Gasteiger partial charge is 0.312 e. The van der Waals surface area contributed by atoms with Crippen molar-refractivity contribution in [1.29, 1.82) is 0 Å². The molecule has 0 aromatic heterocycles. The van der Waals surface area contributed by atoms with Gasteiger partial charge in [-0.15, -0.1) is 0 Å². The highest BCUT2D eigenvalue weighted by molar-refractivity contribution is 5.71. The van der Waals surface area contributed by atoms with Gasteiger partial charge in [-0.1, -0.05) is 0 Å². The van der Waals surface area contributed by atoms with E-state index in [0.29, 0.717) is 0 Å². The molecule has 0 aromatic rings. The van der Waals surface area contributed by atoms with Crippen LogP contribution in [0.5, 0.6) is 0 Å². The van der Waals surface area contributed by atoms with E-state index in [9.17, 15) is 4.79 Å². The second kappa shape index (κ2) is 10.2. The molecule has 8 N–H and O–H groups in total. The van der Waals surface area contributed by atoms with Gasteiger partial charge in [0.15, 0.2) is 0 Å². The lowest BCUT2D eigenvalue weighted by atomic mass is 10.7. The van der Waals surface area contributed by atoms with Crippen LogP contribution in [0.2, 0.25) is 0 Å². The fraction of sp³-hybridized carbons (Fsp3) is 0.667. The molecular weight excluding hydrogens is 124 g/mol. The maximum absolute atomic E-state index is 9.76. The average molecular weight is 136 g/mol. The fourth-order valence-corrected chi connectivity index (χ4v) is 0.179. The molecule has 0 aliphatic heterocycles. The lowest BCUT2D eigenvalue weighted by Gasteiger charge is -1.92. The molecule has 0 bridgehead atoms. The predicted octanol–water partition coefficient (Wildman–Crippen LogP) is -2.53. The van der Waals surface area contributed by atoms with Crippen molar-refractivity contribution in [2.45, 2.75) is 0 Å². The number of hydrogen-bond acceptors (Lipinski definition) is 4. The molecule has 9 heavy (non-hydrogen) atoms. The van der Waals surface area contributed by atoms with Crippen LogP contribution >= 0.6 is 0 Å². The quantitative estimate of drug-likeness (QED) is 0.212. The minimum atomic E-state index is -0.603. The third-order valence-corrected chi connectivity index (χ3v) is 0.411. The Morgan fingerprint density at radius 2 is 2.00 bits per heavy atom. The monoisotopic (exact) mass is 136 g/mol. The molecule has 0 aliphatic carbocycles. The molecule has 56 valence electrons. The Morgan fingerprint density at radius 3 is 2.11 bits per heavy atom. The van der Waals surface area contributed by atoms with Crippen LogP contribution < -0.4 is 22.7 Å². The van der Waals surface area contributed by atoms with Gasteiger partial charge in [-0.2, -0.15) is 0 Å². The van der Waals surface area contributed by atoms with Crippen molar-refractivity contribution in [3.05, 3.63) is 0 Å². The number of hydrazine groups is 1. The Balaban J connectivity index is 0. The summed E-state index contributed by atoms with van der Waals surface area (Å²) in [5, 5.41) is 10.2. The van der Waals surface area contributed by atoms with Crippen LogP contribution in [-0.4, -0.2) is 24.3 Å². The summed E-state index contributed by atoms with van der Waals surface area (Å²) in [5.41, 5.74) is 4.62. The van der Waals surface area contributed by atoms with Gasteiger partial charge in [0, 0.05) is 6.54 Å². The number of hydrogen-bond donors (Lipinski definition) is 5. The van der Waals surface area contributed by atoms with E-state index in [4.69, 9.17) is 5.11 Å². The Bertz CT molecular complexity index is 66.8. The average Bonchev–Trinajstić information content (AvgIpc) is 1.88. The van der Waals surface area contributed by atoms with Gasteiger partial charge in [0.2, 0.25) is 0 Å². The summed E-state index contributed by atoms with van der Waals surface area (Å²) in [7, 11) is 0. The molecule has 0 heterocycles. The van der Waals surface area contributed by atoms with Crippen molar-refractivity contribution in [2.75, 3.05) is 13.2 Å². The van der Waals surface area contributed by atoms with Crippen molar-refractivity contribution in [2.24, 2.45) is 17.4 Å². The highest BCUT2D eigenvalue weighted by atomic mass is 16.3. The molecule has 0 unspecified atom stereocenters. The van der Waals surface area contributed by atoms with Crippen LogP contribution in [0.25, 0.3) is 0 Å². The second-order valence-corrected chi connectivity index (χ2v) is 1.01. The number of nitrogens with two attached hydrogens (primary N) is 3. The van der Waals surface area contributed by atoms with E-state index in [2.05, 4.69) is 22.7 Å². The van der Waals surface area contributed by atoms with E-state index >= 15 is 0 Å². The van der Waals surface area contributed by atoms with Gasteiger partial charge < -0.3 is 16.2 Å². The van der Waals surface area contributed by atoms with E-state index in [1.807, 2.05) is 0 Å². The first-order valence-corrected chi connectivity index (χ1v) is 2.25. The molecule has 0 radical (unpaired) electrons. The zero-order valence-corrected chi connectivity index (χ0v) is 5.00. The van der Waals surface area contributed by atoms with Crippen molar-refractivity contribution in [3.8, 4) is 0 Å². The Morgan fingerprint density at radius 1 is 1.56 bits per heavy atom. The van der Waals surface area contributed by atoms with Crippen LogP contribution in [-0.2, 0) is 0 Å². The van der Waals surface area contributed by atoms with E-state index in [-0.39, 0.29) is 13.2 Å². The minimum absolute atomic E-state index is 0.0665. The van der Waals surface area contributed by atoms with E-state index in [1.165, 1.54) is 0 Å². The fourth-order valence-electron chi connectivity index (χ4n) is 0.179. The maximum Gasteiger partial charge on any atom is 0.312 e. The number of amides is 2. The lowest BCUT2D eigenvalue weighted by molar-refractivity contribution is 0.242. The highest BCUT2D eigenvalue weighted by Crippen LogP contribution is 1.52. The zero-order chi connectivity index (χ0) is 7.70. The third kappa shape index (κ3) is 19.1. The molecule has 0 saturated carbocycles. The van der Waals surface area contributed by atoms with Crippen molar-refractivity contribution >= 4 is 6.03 Å². The number of carbonyl (C=O) groups excluding carboxylic acids is 1. The molecule has 0 aliphatic rings. The highest BCUT2D eigenvalue weighted by Gasteiger charge is 1.84. The van der Waals surface area contributed by atoms with Gasteiger partial charge in [-0.3, -0.25) is 11.7 Å². The summed E-state index contributed by atoms with van der Waals surface area (Å²) in [6.07, 6.45) is 0. The number of aliphatic hydroxyl groups excluding tert-OH is 1. The van der Waals surface area contributed by atoms with Crippen LogP contribution in [0.3, 0.4) is 0 Å². The third-order valence-electron chi connectivity index (χ3n) is 0.411. The first-order valence-electron chi connectivity index (χ1n) is 2.25. The normalized spacial score (nSPS) is 7.00. The maximum atomic E-state index is 9.76. The molecule has 0 atom stereocenters.